The third kappa shape index (κ3) is 3.49. The van der Waals surface area contributed by atoms with E-state index in [0.717, 1.165) is 21.5 Å². The molecule has 168 valence electrons. The summed E-state index contributed by atoms with van der Waals surface area (Å²) in [6.07, 6.45) is -0.924. The molecule has 0 spiro atoms. The van der Waals surface area contributed by atoms with Crippen LogP contribution in [0.5, 0.6) is 5.75 Å². The average molecular weight is 468 g/mol. The van der Waals surface area contributed by atoms with Crippen molar-refractivity contribution in [1.82, 2.24) is 20.1 Å². The van der Waals surface area contributed by atoms with Crippen LogP contribution in [-0.2, 0) is 9.59 Å². The number of nitrogens with zero attached hydrogens (tertiary/aromatic N) is 4. The monoisotopic (exact) mass is 468 g/mol. The molecule has 0 radical (unpaired) electrons. The fraction of sp³-hybridized carbons (Fsp3) is 0.190. The zero-order valence-corrected chi connectivity index (χ0v) is 17.8. The van der Waals surface area contributed by atoms with E-state index in [4.69, 9.17) is 9.57 Å². The molecule has 5 rings (SSSR count). The number of benzene rings is 2. The molecule has 3 aromatic rings. The van der Waals surface area contributed by atoms with Gasteiger partial charge in [0.25, 0.3) is 0 Å². The Morgan fingerprint density at radius 1 is 1.18 bits per heavy atom. The minimum Gasteiger partial charge on any atom is -0.476 e. The van der Waals surface area contributed by atoms with Gasteiger partial charge in [-0.3, -0.25) is 9.69 Å². The number of carbonyl (C=O) groups is 3. The molecule has 12 heteroatoms. The van der Waals surface area contributed by atoms with Crippen LogP contribution in [0.4, 0.5) is 0 Å². The van der Waals surface area contributed by atoms with Crippen molar-refractivity contribution < 1.29 is 34.2 Å². The first-order valence-electron chi connectivity index (χ1n) is 9.81. The summed E-state index contributed by atoms with van der Waals surface area (Å²) in [7, 11) is 0. The second-order valence-electron chi connectivity index (χ2n) is 7.38. The molecule has 2 aliphatic rings. The minimum absolute atomic E-state index is 0.00297. The molecule has 2 N–H and O–H groups in total. The Morgan fingerprint density at radius 3 is 2.73 bits per heavy atom. The first kappa shape index (κ1) is 21.0. The van der Waals surface area contributed by atoms with E-state index in [2.05, 4.69) is 10.3 Å². The van der Waals surface area contributed by atoms with Crippen molar-refractivity contribution >= 4 is 40.6 Å². The van der Waals surface area contributed by atoms with Gasteiger partial charge in [0.05, 0.1) is 17.6 Å². The highest BCUT2D eigenvalue weighted by atomic mass is 32.2. The molecule has 0 aliphatic carbocycles. The number of hydrogen-bond donors (Lipinski definition) is 2. The number of aliphatic hydroxyl groups is 1. The van der Waals surface area contributed by atoms with Crippen molar-refractivity contribution in [3.8, 4) is 5.75 Å². The van der Waals surface area contributed by atoms with Crippen LogP contribution >= 0.6 is 11.8 Å². The first-order chi connectivity index (χ1) is 15.8. The molecule has 1 amide bonds. The van der Waals surface area contributed by atoms with Crippen molar-refractivity contribution in [2.24, 2.45) is 5.92 Å². The zero-order chi connectivity index (χ0) is 23.3. The van der Waals surface area contributed by atoms with Crippen LogP contribution in [-0.4, -0.2) is 59.6 Å². The van der Waals surface area contributed by atoms with E-state index in [0.29, 0.717) is 11.0 Å². The maximum absolute atomic E-state index is 12.6. The number of aromatic nitrogens is 3. The molecule has 11 nitrogen and oxygen atoms in total. The molecule has 3 atom stereocenters. The maximum atomic E-state index is 12.6. The van der Waals surface area contributed by atoms with Gasteiger partial charge >= 0.3 is 11.9 Å². The SMILES string of the molecule is C[C@@H](O)[C@H]1C(=O)N2C(C(=O)O)=C(Oc3cccc(C(=O)On4nnc5ccccc54)c3)S[C@H]12. The summed E-state index contributed by atoms with van der Waals surface area (Å²) >= 11 is 1.03. The van der Waals surface area contributed by atoms with Gasteiger partial charge in [0.1, 0.15) is 22.2 Å². The van der Waals surface area contributed by atoms with Crippen LogP contribution in [0.15, 0.2) is 59.3 Å². The maximum Gasteiger partial charge on any atom is 0.365 e. The zero-order valence-electron chi connectivity index (χ0n) is 17.0. The van der Waals surface area contributed by atoms with E-state index >= 15 is 0 Å². The summed E-state index contributed by atoms with van der Waals surface area (Å²) in [5.41, 5.74) is 0.907. The topological polar surface area (TPSA) is 144 Å². The number of aliphatic hydroxyl groups excluding tert-OH is 1. The Labute approximate surface area is 190 Å². The quantitative estimate of drug-likeness (QED) is 0.400. The molecule has 1 aromatic heterocycles. The lowest BCUT2D eigenvalue weighted by Gasteiger charge is -2.43. The largest absolute Gasteiger partial charge is 0.476 e. The summed E-state index contributed by atoms with van der Waals surface area (Å²) in [5.74, 6) is -3.07. The van der Waals surface area contributed by atoms with Crippen LogP contribution in [0.3, 0.4) is 0 Å². The van der Waals surface area contributed by atoms with E-state index in [1.54, 1.807) is 30.3 Å². The second-order valence-corrected chi connectivity index (χ2v) is 8.47. The summed E-state index contributed by atoms with van der Waals surface area (Å²) in [6.45, 7) is 1.48. The summed E-state index contributed by atoms with van der Waals surface area (Å²) in [6, 6.07) is 12.9. The van der Waals surface area contributed by atoms with Crippen molar-refractivity contribution in [1.29, 1.82) is 0 Å². The lowest BCUT2D eigenvalue weighted by atomic mass is 9.92. The van der Waals surface area contributed by atoms with Crippen LogP contribution < -0.4 is 9.57 Å². The van der Waals surface area contributed by atoms with Gasteiger partial charge in [0.2, 0.25) is 5.91 Å². The molecule has 0 bridgehead atoms. The molecule has 1 saturated heterocycles. The standard InChI is InChI=1S/C21H16N4O7S/c1-10(26)15-17(27)24-16(19(28)29)21(33-18(15)24)31-12-6-4-5-11(9-12)20(30)32-25-14-8-3-2-7-13(14)22-23-25/h2-10,15,18,26H,1H3,(H,28,29)/t10-,15+,18-/m1/s1. The fourth-order valence-electron chi connectivity index (χ4n) is 3.66. The van der Waals surface area contributed by atoms with E-state index in [9.17, 15) is 24.6 Å². The first-order valence-corrected chi connectivity index (χ1v) is 10.7. The van der Waals surface area contributed by atoms with Crippen LogP contribution in [0.1, 0.15) is 17.3 Å². The predicted octanol–water partition coefficient (Wildman–Crippen LogP) is 1.24. The number of thioether (sulfide) groups is 1. The molecule has 2 aromatic carbocycles. The number of fused-ring (bicyclic) bond motifs is 2. The average Bonchev–Trinajstić information content (AvgIpc) is 3.33. The van der Waals surface area contributed by atoms with Gasteiger partial charge in [-0.05, 0) is 42.5 Å². The summed E-state index contributed by atoms with van der Waals surface area (Å²) in [4.78, 5) is 44.1. The smallest absolute Gasteiger partial charge is 0.365 e. The van der Waals surface area contributed by atoms with Crippen LogP contribution in [0.25, 0.3) is 11.0 Å². The number of hydrogen-bond acceptors (Lipinski definition) is 9. The minimum atomic E-state index is -1.33. The molecule has 33 heavy (non-hydrogen) atoms. The van der Waals surface area contributed by atoms with Gasteiger partial charge < -0.3 is 19.8 Å². The molecule has 3 heterocycles. The van der Waals surface area contributed by atoms with Crippen LogP contribution in [0, 0.1) is 5.92 Å². The van der Waals surface area contributed by atoms with Gasteiger partial charge in [-0.1, -0.05) is 34.8 Å². The highest BCUT2D eigenvalue weighted by molar-refractivity contribution is 8.03. The summed E-state index contributed by atoms with van der Waals surface area (Å²) < 4.78 is 5.75. The number of aliphatic carboxylic acids is 1. The Morgan fingerprint density at radius 2 is 1.97 bits per heavy atom. The molecule has 0 saturated carbocycles. The van der Waals surface area contributed by atoms with Gasteiger partial charge in [-0.25, -0.2) is 9.59 Å². The lowest BCUT2D eigenvalue weighted by Crippen LogP contribution is -2.60. The highest BCUT2D eigenvalue weighted by Crippen LogP contribution is 2.50. The molecule has 0 unspecified atom stereocenters. The molecule has 2 aliphatic heterocycles. The number of carboxylic acids is 1. The number of para-hydroxylation sites is 1. The van der Waals surface area contributed by atoms with E-state index in [-0.39, 0.29) is 22.1 Å². The van der Waals surface area contributed by atoms with Crippen molar-refractivity contribution in [2.45, 2.75) is 18.4 Å². The third-order valence-corrected chi connectivity index (χ3v) is 6.48. The molecular formula is C21H16N4O7S. The Hall–Kier alpha value is -3.90. The lowest BCUT2D eigenvalue weighted by molar-refractivity contribution is -0.156. The van der Waals surface area contributed by atoms with Gasteiger partial charge in [-0.15, -0.1) is 5.10 Å². The fourth-order valence-corrected chi connectivity index (χ4v) is 5.13. The molecule has 1 fully saturated rings. The number of carbonyl (C=O) groups excluding carboxylic acids is 2. The van der Waals surface area contributed by atoms with Crippen molar-refractivity contribution in [3.05, 3.63) is 64.9 Å². The number of β-lactam (4-membered cyclic amide) rings is 1. The van der Waals surface area contributed by atoms with E-state index < -0.39 is 35.2 Å². The predicted molar refractivity (Wildman–Crippen MR) is 114 cm³/mol. The normalized spacial score (nSPS) is 20.4. The van der Waals surface area contributed by atoms with E-state index in [1.807, 2.05) is 0 Å². The van der Waals surface area contributed by atoms with E-state index in [1.165, 1.54) is 25.1 Å². The number of rotatable bonds is 6. The highest BCUT2D eigenvalue weighted by Gasteiger charge is 2.58. The van der Waals surface area contributed by atoms with Gasteiger partial charge in [0, 0.05) is 0 Å². The second kappa shape index (κ2) is 7.90. The van der Waals surface area contributed by atoms with Gasteiger partial charge in [-0.2, -0.15) is 0 Å². The Balaban J connectivity index is 1.37. The number of ether oxygens (including phenoxy) is 1. The number of amides is 1. The van der Waals surface area contributed by atoms with Crippen molar-refractivity contribution in [3.63, 3.8) is 0 Å². The van der Waals surface area contributed by atoms with Crippen LogP contribution in [0.2, 0.25) is 0 Å². The Kier molecular flexibility index (Phi) is 5.02. The third-order valence-electron chi connectivity index (χ3n) is 5.24. The molecular weight excluding hydrogens is 452 g/mol. The van der Waals surface area contributed by atoms with Gasteiger partial charge in [0.15, 0.2) is 10.8 Å². The number of carboxylic acid groups (broad SMARTS) is 1. The van der Waals surface area contributed by atoms with Crippen molar-refractivity contribution in [2.75, 3.05) is 0 Å². The summed E-state index contributed by atoms with van der Waals surface area (Å²) in [5, 5.41) is 26.6. The Bertz CT molecular complexity index is 1330.